The average Bonchev–Trinajstić information content (AvgIpc) is 3.72. The van der Waals surface area contributed by atoms with Crippen LogP contribution in [0.2, 0.25) is 0 Å². The van der Waals surface area contributed by atoms with E-state index in [1.165, 1.54) is 15.4 Å². The van der Waals surface area contributed by atoms with Crippen LogP contribution in [0.25, 0.3) is 22.1 Å². The Morgan fingerprint density at radius 3 is 2.30 bits per heavy atom. The fourth-order valence-electron chi connectivity index (χ4n) is 7.84. The molecule has 0 saturated carbocycles. The summed E-state index contributed by atoms with van der Waals surface area (Å²) in [5.41, 5.74) is 7.37. The van der Waals surface area contributed by atoms with Crippen molar-refractivity contribution >= 4 is 32.1 Å². The summed E-state index contributed by atoms with van der Waals surface area (Å²) < 4.78 is 38.1. The van der Waals surface area contributed by atoms with E-state index in [1.54, 1.807) is 26.2 Å². The third kappa shape index (κ3) is 8.83. The summed E-state index contributed by atoms with van der Waals surface area (Å²) in [6.45, 7) is 12.1. The van der Waals surface area contributed by atoms with Crippen LogP contribution >= 0.6 is 0 Å². The highest BCUT2D eigenvalue weighted by Crippen LogP contribution is 2.28. The van der Waals surface area contributed by atoms with Gasteiger partial charge in [0.25, 0.3) is 0 Å². The molecule has 12 heteroatoms. The fraction of sp³-hybridized carbons (Fsp3) is 0.432. The lowest BCUT2D eigenvalue weighted by Crippen LogP contribution is -2.34. The molecule has 1 aliphatic heterocycles. The number of para-hydroxylation sites is 2. The Balaban J connectivity index is 0.986. The van der Waals surface area contributed by atoms with Gasteiger partial charge < -0.3 is 13.9 Å². The number of aromatic nitrogens is 5. The summed E-state index contributed by atoms with van der Waals surface area (Å²) in [5, 5.41) is 0. The van der Waals surface area contributed by atoms with Gasteiger partial charge in [0.15, 0.2) is 0 Å². The molecule has 0 aliphatic carbocycles. The van der Waals surface area contributed by atoms with Crippen molar-refractivity contribution in [2.75, 3.05) is 40.8 Å². The van der Waals surface area contributed by atoms with E-state index in [-0.39, 0.29) is 10.9 Å². The summed E-state index contributed by atoms with van der Waals surface area (Å²) >= 11 is 0. The zero-order valence-corrected chi connectivity index (χ0v) is 34.5. The second kappa shape index (κ2) is 17.3. The number of sulfonamides is 1. The molecule has 6 aromatic rings. The van der Waals surface area contributed by atoms with Crippen LogP contribution in [-0.2, 0) is 36.2 Å². The Morgan fingerprint density at radius 1 is 0.821 bits per heavy atom. The molecule has 1 aliphatic rings. The Bertz CT molecular complexity index is 2360. The number of hydrogen-bond donors (Lipinski definition) is 0. The Kier molecular flexibility index (Phi) is 12.2. The van der Waals surface area contributed by atoms with Crippen LogP contribution < -0.4 is 4.74 Å². The molecule has 1 unspecified atom stereocenters. The largest absolute Gasteiger partial charge is 0.492 e. The number of piperidine rings is 1. The summed E-state index contributed by atoms with van der Waals surface area (Å²) in [4.78, 5) is 19.8. The molecule has 1 saturated heterocycles. The van der Waals surface area contributed by atoms with Gasteiger partial charge in [-0.05, 0) is 138 Å². The van der Waals surface area contributed by atoms with Crippen LogP contribution in [0.4, 0.5) is 0 Å². The first kappa shape index (κ1) is 39.6. The monoisotopic (exact) mass is 776 g/mol. The predicted molar refractivity (Wildman–Crippen MR) is 223 cm³/mol. The zero-order valence-electron chi connectivity index (χ0n) is 33.7. The van der Waals surface area contributed by atoms with Crippen molar-refractivity contribution in [2.24, 2.45) is 5.92 Å². The lowest BCUT2D eigenvalue weighted by Gasteiger charge is -2.32. The van der Waals surface area contributed by atoms with E-state index >= 15 is 0 Å². The third-order valence-corrected chi connectivity index (χ3v) is 13.4. The first-order valence-corrected chi connectivity index (χ1v) is 21.3. The molecule has 3 aromatic heterocycles. The first-order chi connectivity index (χ1) is 27.0. The van der Waals surface area contributed by atoms with Gasteiger partial charge in [0.1, 0.15) is 24.0 Å². The SMILES string of the molecule is Cc1ccc(OCCn2c(CN3CCC(CCCn4c(CN(C)C(C)c5ccccn5)nc5cc(S(=O)(=O)N(C)C)ccc54)CC3)nc3ccccc32)cc1C. The van der Waals surface area contributed by atoms with Gasteiger partial charge in [0.2, 0.25) is 10.0 Å². The molecule has 0 amide bonds. The topological polar surface area (TPSA) is 102 Å². The predicted octanol–water partition coefficient (Wildman–Crippen LogP) is 7.61. The maximum Gasteiger partial charge on any atom is 0.242 e. The van der Waals surface area contributed by atoms with Crippen molar-refractivity contribution in [3.05, 3.63) is 114 Å². The number of aryl methyl sites for hydroxylation is 3. The minimum Gasteiger partial charge on any atom is -0.492 e. The van der Waals surface area contributed by atoms with E-state index < -0.39 is 10.0 Å². The van der Waals surface area contributed by atoms with Gasteiger partial charge >= 0.3 is 0 Å². The number of likely N-dealkylation sites (tertiary alicyclic amines) is 1. The lowest BCUT2D eigenvalue weighted by molar-refractivity contribution is 0.164. The fourth-order valence-corrected chi connectivity index (χ4v) is 8.76. The van der Waals surface area contributed by atoms with Crippen LogP contribution in [0.3, 0.4) is 0 Å². The van der Waals surface area contributed by atoms with E-state index in [9.17, 15) is 8.42 Å². The molecule has 1 fully saturated rings. The van der Waals surface area contributed by atoms with Crippen LogP contribution in [-0.4, -0.2) is 87.4 Å². The van der Waals surface area contributed by atoms with E-state index in [1.807, 2.05) is 30.5 Å². The molecule has 3 aromatic carbocycles. The second-order valence-electron chi connectivity index (χ2n) is 15.6. The molecule has 0 radical (unpaired) electrons. The molecule has 7 rings (SSSR count). The standard InChI is InChI=1S/C44H56N8O3S/c1-32-16-17-36(28-33(32)2)55-27-26-52-41-15-8-7-14-39(41)46-44(52)31-50-24-20-35(21-25-50)12-11-23-51-42-19-18-37(56(53,54)48(4)5)29-40(42)47-43(51)30-49(6)34(3)38-13-9-10-22-45-38/h7-10,13-19,22,28-29,34-35H,11-12,20-21,23-27,30-31H2,1-6H3. The number of nitrogens with zero attached hydrogens (tertiary/aromatic N) is 8. The second-order valence-corrected chi connectivity index (χ2v) is 17.7. The molecule has 0 bridgehead atoms. The summed E-state index contributed by atoms with van der Waals surface area (Å²) in [6, 6.07) is 26.1. The average molecular weight is 777 g/mol. The van der Waals surface area contributed by atoms with Crippen LogP contribution in [0.15, 0.2) is 90.0 Å². The van der Waals surface area contributed by atoms with Crippen molar-refractivity contribution in [3.63, 3.8) is 0 Å². The van der Waals surface area contributed by atoms with Gasteiger partial charge in [-0.2, -0.15) is 0 Å². The lowest BCUT2D eigenvalue weighted by atomic mass is 9.92. The van der Waals surface area contributed by atoms with Gasteiger partial charge in [-0.15, -0.1) is 0 Å². The van der Waals surface area contributed by atoms with E-state index in [2.05, 4.69) is 94.2 Å². The molecule has 0 spiro atoms. The molecule has 56 heavy (non-hydrogen) atoms. The number of hydrogen-bond acceptors (Lipinski definition) is 8. The number of pyridine rings is 1. The van der Waals surface area contributed by atoms with Gasteiger partial charge in [0.05, 0.1) is 52.3 Å². The smallest absolute Gasteiger partial charge is 0.242 e. The number of imidazole rings is 2. The van der Waals surface area contributed by atoms with Crippen molar-refractivity contribution in [2.45, 2.75) is 83.6 Å². The maximum atomic E-state index is 13.0. The van der Waals surface area contributed by atoms with Gasteiger partial charge in [0, 0.05) is 32.9 Å². The van der Waals surface area contributed by atoms with Gasteiger partial charge in [-0.25, -0.2) is 22.7 Å². The highest BCUT2D eigenvalue weighted by atomic mass is 32.2. The normalized spacial score (nSPS) is 15.1. The summed E-state index contributed by atoms with van der Waals surface area (Å²) in [5.74, 6) is 3.59. The van der Waals surface area contributed by atoms with Crippen LogP contribution in [0, 0.1) is 19.8 Å². The van der Waals surface area contributed by atoms with E-state index in [0.29, 0.717) is 24.6 Å². The minimum absolute atomic E-state index is 0.0899. The van der Waals surface area contributed by atoms with Gasteiger partial charge in [-0.3, -0.25) is 14.8 Å². The number of benzene rings is 3. The van der Waals surface area contributed by atoms with E-state index in [0.717, 1.165) is 98.0 Å². The Labute approximate surface area is 332 Å². The first-order valence-electron chi connectivity index (χ1n) is 19.9. The number of rotatable bonds is 16. The Morgan fingerprint density at radius 2 is 1.55 bits per heavy atom. The van der Waals surface area contributed by atoms with E-state index in [4.69, 9.17) is 14.7 Å². The molecule has 1 atom stereocenters. The molecule has 296 valence electrons. The molecule has 11 nitrogen and oxygen atoms in total. The van der Waals surface area contributed by atoms with Gasteiger partial charge in [-0.1, -0.05) is 24.3 Å². The molecule has 0 N–H and O–H groups in total. The summed E-state index contributed by atoms with van der Waals surface area (Å²) in [7, 11) is 1.63. The zero-order chi connectivity index (χ0) is 39.4. The summed E-state index contributed by atoms with van der Waals surface area (Å²) in [6.07, 6.45) is 6.30. The molecule has 4 heterocycles. The number of ether oxygens (including phenoxy) is 1. The highest BCUT2D eigenvalue weighted by Gasteiger charge is 2.24. The Hall–Kier alpha value is -4.62. The van der Waals surface area contributed by atoms with Crippen molar-refractivity contribution in [3.8, 4) is 5.75 Å². The molecular formula is C44H56N8O3S. The highest BCUT2D eigenvalue weighted by molar-refractivity contribution is 7.89. The number of fused-ring (bicyclic) bond motifs is 2. The quantitative estimate of drug-likeness (QED) is 0.0991. The van der Waals surface area contributed by atoms with Crippen molar-refractivity contribution < 1.29 is 13.2 Å². The van der Waals surface area contributed by atoms with Crippen molar-refractivity contribution in [1.29, 1.82) is 0 Å². The van der Waals surface area contributed by atoms with Crippen LogP contribution in [0.1, 0.15) is 67.1 Å². The maximum absolute atomic E-state index is 13.0. The molecular weight excluding hydrogens is 721 g/mol. The van der Waals surface area contributed by atoms with Crippen LogP contribution in [0.5, 0.6) is 5.75 Å². The third-order valence-electron chi connectivity index (χ3n) is 11.6. The minimum atomic E-state index is -3.58. The van der Waals surface area contributed by atoms with Crippen molar-refractivity contribution in [1.82, 2.24) is 38.2 Å².